The first kappa shape index (κ1) is 12.5. The van der Waals surface area contributed by atoms with Crippen LogP contribution in [0, 0.1) is 0 Å². The Bertz CT molecular complexity index is 791. The Balaban J connectivity index is 1.75. The average Bonchev–Trinajstić information content (AvgIpc) is 2.97. The summed E-state index contributed by atoms with van der Waals surface area (Å²) in [5.41, 5.74) is 2.66. The van der Waals surface area contributed by atoms with Crippen LogP contribution in [0.3, 0.4) is 0 Å². The summed E-state index contributed by atoms with van der Waals surface area (Å²) >= 11 is 1.81. The van der Waals surface area contributed by atoms with Crippen molar-refractivity contribution in [1.82, 2.24) is 4.98 Å². The van der Waals surface area contributed by atoms with Gasteiger partial charge in [-0.3, -0.25) is 4.79 Å². The first-order valence-electron chi connectivity index (χ1n) is 6.94. The summed E-state index contributed by atoms with van der Waals surface area (Å²) in [4.78, 5) is 19.1. The number of nitrogens with zero attached hydrogens (tertiary/aromatic N) is 1. The zero-order valence-corrected chi connectivity index (χ0v) is 12.2. The molecule has 1 aliphatic rings. The number of hydrogen-bond donors (Lipinski definition) is 1. The molecule has 4 rings (SSSR count). The van der Waals surface area contributed by atoms with E-state index in [0.29, 0.717) is 5.69 Å². The molecule has 3 nitrogen and oxygen atoms in total. The Morgan fingerprint density at radius 1 is 1.10 bits per heavy atom. The predicted octanol–water partition coefficient (Wildman–Crippen LogP) is 3.92. The number of hydrogen-bond acceptors (Lipinski definition) is 2. The molecule has 4 heteroatoms. The number of carbonyl (C=O) groups is 1. The van der Waals surface area contributed by atoms with Crippen molar-refractivity contribution >= 4 is 34.3 Å². The molecule has 1 amide bonds. The van der Waals surface area contributed by atoms with Gasteiger partial charge >= 0.3 is 0 Å². The second-order valence-electron chi connectivity index (χ2n) is 5.04. The standard InChI is InChI=1S/C17H14N2OS/c20-17(14-11-12-5-1-2-6-13(12)18-14)19-9-10-21-16-8-4-3-7-15(16)19/h1-8,11,18H,9-10H2. The Kier molecular flexibility index (Phi) is 2.97. The summed E-state index contributed by atoms with van der Waals surface area (Å²) in [7, 11) is 0. The third-order valence-electron chi connectivity index (χ3n) is 3.73. The van der Waals surface area contributed by atoms with Crippen molar-refractivity contribution in [3.8, 4) is 0 Å². The van der Waals surface area contributed by atoms with Crippen LogP contribution in [0.2, 0.25) is 0 Å². The molecular formula is C17H14N2OS. The molecule has 0 saturated heterocycles. The summed E-state index contributed by atoms with van der Waals surface area (Å²) in [6.07, 6.45) is 0. The number of anilines is 1. The van der Waals surface area contributed by atoms with Crippen LogP contribution in [-0.4, -0.2) is 23.2 Å². The Morgan fingerprint density at radius 3 is 2.81 bits per heavy atom. The Morgan fingerprint density at radius 2 is 1.90 bits per heavy atom. The highest BCUT2D eigenvalue weighted by atomic mass is 32.2. The summed E-state index contributed by atoms with van der Waals surface area (Å²) in [6.45, 7) is 0.746. The highest BCUT2D eigenvalue weighted by Crippen LogP contribution is 2.35. The number of H-pyrrole nitrogens is 1. The Hall–Kier alpha value is -2.20. The van der Waals surface area contributed by atoms with Crippen LogP contribution in [0.5, 0.6) is 0 Å². The second-order valence-corrected chi connectivity index (χ2v) is 6.18. The van der Waals surface area contributed by atoms with Crippen molar-refractivity contribution in [3.05, 3.63) is 60.3 Å². The largest absolute Gasteiger partial charge is 0.351 e. The highest BCUT2D eigenvalue weighted by molar-refractivity contribution is 7.99. The van der Waals surface area contributed by atoms with Crippen molar-refractivity contribution in [3.63, 3.8) is 0 Å². The van der Waals surface area contributed by atoms with E-state index in [4.69, 9.17) is 0 Å². The smallest absolute Gasteiger partial charge is 0.274 e. The van der Waals surface area contributed by atoms with E-state index in [1.165, 1.54) is 4.90 Å². The fourth-order valence-corrected chi connectivity index (χ4v) is 3.71. The molecule has 0 atom stereocenters. The minimum atomic E-state index is 0.0407. The molecule has 0 bridgehead atoms. The zero-order valence-electron chi connectivity index (χ0n) is 11.4. The zero-order chi connectivity index (χ0) is 14.2. The van der Waals surface area contributed by atoms with E-state index < -0.39 is 0 Å². The van der Waals surface area contributed by atoms with Crippen LogP contribution < -0.4 is 4.90 Å². The molecule has 0 aliphatic carbocycles. The van der Waals surface area contributed by atoms with E-state index in [1.54, 1.807) is 11.8 Å². The van der Waals surface area contributed by atoms with E-state index in [1.807, 2.05) is 53.4 Å². The lowest BCUT2D eigenvalue weighted by atomic mass is 10.2. The van der Waals surface area contributed by atoms with Gasteiger partial charge in [-0.2, -0.15) is 0 Å². The summed E-state index contributed by atoms with van der Waals surface area (Å²) in [6, 6.07) is 18.0. The summed E-state index contributed by atoms with van der Waals surface area (Å²) in [5.74, 6) is 0.974. The number of benzene rings is 2. The number of rotatable bonds is 1. The van der Waals surface area contributed by atoms with Gasteiger partial charge in [0.05, 0.1) is 5.69 Å². The van der Waals surface area contributed by atoms with Crippen LogP contribution in [0.15, 0.2) is 59.5 Å². The lowest BCUT2D eigenvalue weighted by Gasteiger charge is -2.28. The fraction of sp³-hybridized carbons (Fsp3) is 0.118. The van der Waals surface area contributed by atoms with Gasteiger partial charge in [-0.05, 0) is 24.3 Å². The summed E-state index contributed by atoms with van der Waals surface area (Å²) in [5, 5.41) is 1.07. The molecular weight excluding hydrogens is 280 g/mol. The molecule has 104 valence electrons. The van der Waals surface area contributed by atoms with Crippen molar-refractivity contribution in [2.75, 3.05) is 17.2 Å². The van der Waals surface area contributed by atoms with Gasteiger partial charge in [0.25, 0.3) is 5.91 Å². The highest BCUT2D eigenvalue weighted by Gasteiger charge is 2.24. The first-order valence-corrected chi connectivity index (χ1v) is 7.93. The SMILES string of the molecule is O=C(c1cc2ccccc2[nH]1)N1CCSc2ccccc21. The van der Waals surface area contributed by atoms with E-state index in [-0.39, 0.29) is 5.91 Å². The van der Waals surface area contributed by atoms with Gasteiger partial charge in [-0.1, -0.05) is 30.3 Å². The average molecular weight is 294 g/mol. The molecule has 0 radical (unpaired) electrons. The number of para-hydroxylation sites is 2. The third kappa shape index (κ3) is 2.12. The fourth-order valence-electron chi connectivity index (χ4n) is 2.71. The van der Waals surface area contributed by atoms with E-state index in [0.717, 1.165) is 28.9 Å². The minimum absolute atomic E-state index is 0.0407. The molecule has 2 heterocycles. The number of aromatic nitrogens is 1. The van der Waals surface area contributed by atoms with Gasteiger partial charge in [-0.25, -0.2) is 0 Å². The molecule has 0 saturated carbocycles. The maximum atomic E-state index is 12.8. The van der Waals surface area contributed by atoms with Crippen LogP contribution in [0.1, 0.15) is 10.5 Å². The first-order chi connectivity index (χ1) is 10.3. The molecule has 1 aromatic heterocycles. The van der Waals surface area contributed by atoms with Gasteiger partial charge in [0.1, 0.15) is 5.69 Å². The van der Waals surface area contributed by atoms with Gasteiger partial charge in [0, 0.05) is 28.1 Å². The van der Waals surface area contributed by atoms with Gasteiger partial charge in [0.15, 0.2) is 0 Å². The number of nitrogens with one attached hydrogen (secondary N) is 1. The molecule has 0 spiro atoms. The molecule has 1 N–H and O–H groups in total. The second kappa shape index (κ2) is 4.97. The van der Waals surface area contributed by atoms with Crippen molar-refractivity contribution < 1.29 is 4.79 Å². The number of amides is 1. The van der Waals surface area contributed by atoms with E-state index >= 15 is 0 Å². The normalized spacial score (nSPS) is 14.2. The number of carbonyl (C=O) groups excluding carboxylic acids is 1. The minimum Gasteiger partial charge on any atom is -0.351 e. The van der Waals surface area contributed by atoms with Gasteiger partial charge in [-0.15, -0.1) is 11.8 Å². The van der Waals surface area contributed by atoms with Crippen molar-refractivity contribution in [2.45, 2.75) is 4.90 Å². The van der Waals surface area contributed by atoms with E-state index in [9.17, 15) is 4.79 Å². The lowest BCUT2D eigenvalue weighted by Crippen LogP contribution is -2.35. The number of aromatic amines is 1. The maximum Gasteiger partial charge on any atom is 0.274 e. The number of fused-ring (bicyclic) bond motifs is 2. The van der Waals surface area contributed by atoms with Gasteiger partial charge in [0.2, 0.25) is 0 Å². The van der Waals surface area contributed by atoms with Crippen LogP contribution in [0.4, 0.5) is 5.69 Å². The van der Waals surface area contributed by atoms with Crippen LogP contribution in [0.25, 0.3) is 10.9 Å². The monoisotopic (exact) mass is 294 g/mol. The van der Waals surface area contributed by atoms with Crippen LogP contribution >= 0.6 is 11.8 Å². The van der Waals surface area contributed by atoms with Crippen LogP contribution in [-0.2, 0) is 0 Å². The predicted molar refractivity (Wildman–Crippen MR) is 87.1 cm³/mol. The third-order valence-corrected chi connectivity index (χ3v) is 4.78. The molecule has 2 aromatic carbocycles. The van der Waals surface area contributed by atoms with Gasteiger partial charge < -0.3 is 9.88 Å². The molecule has 0 fully saturated rings. The Labute approximate surface area is 127 Å². The number of thioether (sulfide) groups is 1. The maximum absolute atomic E-state index is 12.8. The van der Waals surface area contributed by atoms with Crippen molar-refractivity contribution in [2.24, 2.45) is 0 Å². The van der Waals surface area contributed by atoms with Crippen molar-refractivity contribution in [1.29, 1.82) is 0 Å². The quantitative estimate of drug-likeness (QED) is 0.738. The molecule has 3 aromatic rings. The molecule has 0 unspecified atom stereocenters. The summed E-state index contributed by atoms with van der Waals surface area (Å²) < 4.78 is 0. The lowest BCUT2D eigenvalue weighted by molar-refractivity contribution is 0.0983. The molecule has 21 heavy (non-hydrogen) atoms. The molecule has 1 aliphatic heterocycles. The van der Waals surface area contributed by atoms with E-state index in [2.05, 4.69) is 11.1 Å². The topological polar surface area (TPSA) is 36.1 Å².